The van der Waals surface area contributed by atoms with Crippen molar-refractivity contribution < 1.29 is 4.74 Å². The zero-order valence-corrected chi connectivity index (χ0v) is 14.3. The van der Waals surface area contributed by atoms with Crippen LogP contribution >= 0.6 is 11.3 Å². The molecule has 0 bridgehead atoms. The number of methoxy groups -OCH3 is 1. The van der Waals surface area contributed by atoms with Gasteiger partial charge in [0.15, 0.2) is 5.13 Å². The van der Waals surface area contributed by atoms with Gasteiger partial charge in [0.1, 0.15) is 0 Å². The number of nitrogens with one attached hydrogen (secondary N) is 1. The van der Waals surface area contributed by atoms with Gasteiger partial charge in [0, 0.05) is 38.2 Å². The molecule has 1 N–H and O–H groups in total. The lowest BCUT2D eigenvalue weighted by molar-refractivity contribution is 0.181. The lowest BCUT2D eigenvalue weighted by atomic mass is 10.2. The van der Waals surface area contributed by atoms with Crippen molar-refractivity contribution in [1.29, 1.82) is 0 Å². The van der Waals surface area contributed by atoms with Crippen molar-refractivity contribution in [3.63, 3.8) is 0 Å². The summed E-state index contributed by atoms with van der Waals surface area (Å²) in [7, 11) is 3.86. The summed E-state index contributed by atoms with van der Waals surface area (Å²) in [6, 6.07) is 0.484. The fourth-order valence-corrected chi connectivity index (χ4v) is 2.91. The van der Waals surface area contributed by atoms with Crippen molar-refractivity contribution in [1.82, 2.24) is 10.3 Å². The molecule has 1 heterocycles. The Kier molecular flexibility index (Phi) is 8.11. The van der Waals surface area contributed by atoms with E-state index >= 15 is 0 Å². The van der Waals surface area contributed by atoms with Crippen molar-refractivity contribution in [3.05, 3.63) is 10.6 Å². The van der Waals surface area contributed by atoms with Crippen molar-refractivity contribution in [2.24, 2.45) is 0 Å². The van der Waals surface area contributed by atoms with E-state index in [2.05, 4.69) is 38.0 Å². The first-order valence-corrected chi connectivity index (χ1v) is 8.32. The average molecular weight is 299 g/mol. The molecule has 0 saturated carbocycles. The number of nitrogens with zero attached hydrogens (tertiary/aromatic N) is 2. The third-order valence-corrected chi connectivity index (χ3v) is 4.35. The van der Waals surface area contributed by atoms with Crippen LogP contribution in [0, 0.1) is 0 Å². The van der Waals surface area contributed by atoms with E-state index in [1.54, 1.807) is 18.4 Å². The molecule has 0 atom stereocenters. The molecule has 1 aromatic heterocycles. The molecule has 4 nitrogen and oxygen atoms in total. The Bertz CT molecular complexity index is 379. The van der Waals surface area contributed by atoms with Crippen molar-refractivity contribution >= 4 is 16.5 Å². The highest BCUT2D eigenvalue weighted by Gasteiger charge is 2.14. The molecule has 116 valence electrons. The quantitative estimate of drug-likeness (QED) is 0.672. The van der Waals surface area contributed by atoms with Crippen LogP contribution in [0.2, 0.25) is 0 Å². The van der Waals surface area contributed by atoms with Crippen LogP contribution in [0.5, 0.6) is 0 Å². The van der Waals surface area contributed by atoms with Crippen LogP contribution in [0.4, 0.5) is 5.13 Å². The van der Waals surface area contributed by atoms with E-state index in [9.17, 15) is 0 Å². The van der Waals surface area contributed by atoms with Crippen LogP contribution in [0.3, 0.4) is 0 Å². The maximum absolute atomic E-state index is 5.26. The molecule has 0 amide bonds. The highest BCUT2D eigenvalue weighted by molar-refractivity contribution is 7.15. The second kappa shape index (κ2) is 9.32. The molecule has 1 rings (SSSR count). The predicted octanol–water partition coefficient (Wildman–Crippen LogP) is 3.41. The summed E-state index contributed by atoms with van der Waals surface area (Å²) in [4.78, 5) is 8.29. The van der Waals surface area contributed by atoms with Gasteiger partial charge in [0.25, 0.3) is 0 Å². The molecular weight excluding hydrogens is 270 g/mol. The maximum Gasteiger partial charge on any atom is 0.185 e. The third-order valence-electron chi connectivity index (χ3n) is 3.14. The number of rotatable bonds is 10. The second-order valence-electron chi connectivity index (χ2n) is 5.46. The Morgan fingerprint density at radius 2 is 2.10 bits per heavy atom. The SMILES string of the molecule is CCCCCN(C)c1nc(COC)c(CNC(C)C)s1. The van der Waals surface area contributed by atoms with Gasteiger partial charge in [-0.05, 0) is 6.42 Å². The van der Waals surface area contributed by atoms with Gasteiger partial charge in [-0.15, -0.1) is 11.3 Å². The number of unbranched alkanes of at least 4 members (excludes halogenated alkanes) is 2. The molecule has 0 aliphatic heterocycles. The first-order chi connectivity index (χ1) is 9.58. The minimum atomic E-state index is 0.484. The first kappa shape index (κ1) is 17.4. The molecule has 20 heavy (non-hydrogen) atoms. The smallest absolute Gasteiger partial charge is 0.185 e. The lowest BCUT2D eigenvalue weighted by Gasteiger charge is -2.14. The van der Waals surface area contributed by atoms with E-state index in [4.69, 9.17) is 9.72 Å². The lowest BCUT2D eigenvalue weighted by Crippen LogP contribution is -2.21. The summed E-state index contributed by atoms with van der Waals surface area (Å²) in [6.45, 7) is 9.09. The molecule has 0 aromatic carbocycles. The minimum absolute atomic E-state index is 0.484. The highest BCUT2D eigenvalue weighted by Crippen LogP contribution is 2.26. The molecule has 0 radical (unpaired) electrons. The summed E-state index contributed by atoms with van der Waals surface area (Å²) >= 11 is 1.78. The molecule has 1 aromatic rings. The summed E-state index contributed by atoms with van der Waals surface area (Å²) in [6.07, 6.45) is 3.76. The first-order valence-electron chi connectivity index (χ1n) is 7.50. The van der Waals surface area contributed by atoms with Crippen LogP contribution in [0.15, 0.2) is 0 Å². The third kappa shape index (κ3) is 5.77. The zero-order chi connectivity index (χ0) is 15.0. The average Bonchev–Trinajstić information content (AvgIpc) is 2.80. The molecule has 0 aliphatic carbocycles. The zero-order valence-electron chi connectivity index (χ0n) is 13.5. The molecule has 0 unspecified atom stereocenters. The maximum atomic E-state index is 5.26. The van der Waals surface area contributed by atoms with E-state index in [1.165, 1.54) is 24.1 Å². The largest absolute Gasteiger partial charge is 0.378 e. The van der Waals surface area contributed by atoms with Crippen molar-refractivity contribution in [2.45, 2.75) is 59.2 Å². The molecule has 5 heteroatoms. The standard InChI is InChI=1S/C15H29N3OS/c1-6-7-8-9-18(4)15-17-13(11-19-5)14(20-15)10-16-12(2)3/h12,16H,6-11H2,1-5H3. The van der Waals surface area contributed by atoms with Gasteiger partial charge in [-0.3, -0.25) is 0 Å². The van der Waals surface area contributed by atoms with Gasteiger partial charge in [0.05, 0.1) is 12.3 Å². The van der Waals surface area contributed by atoms with Crippen LogP contribution in [-0.2, 0) is 17.9 Å². The fourth-order valence-electron chi connectivity index (χ4n) is 1.91. The minimum Gasteiger partial charge on any atom is -0.378 e. The van der Waals surface area contributed by atoms with E-state index in [0.29, 0.717) is 12.6 Å². The van der Waals surface area contributed by atoms with Crippen LogP contribution in [0.25, 0.3) is 0 Å². The van der Waals surface area contributed by atoms with E-state index in [-0.39, 0.29) is 0 Å². The summed E-state index contributed by atoms with van der Waals surface area (Å²) in [5.41, 5.74) is 1.07. The number of thiazole rings is 1. The van der Waals surface area contributed by atoms with E-state index in [1.807, 2.05) is 0 Å². The van der Waals surface area contributed by atoms with Gasteiger partial charge in [-0.25, -0.2) is 4.98 Å². The molecule has 0 saturated heterocycles. The summed E-state index contributed by atoms with van der Waals surface area (Å²) in [5.74, 6) is 0. The van der Waals surface area contributed by atoms with E-state index in [0.717, 1.165) is 23.9 Å². The fraction of sp³-hybridized carbons (Fsp3) is 0.800. The predicted molar refractivity (Wildman–Crippen MR) is 87.6 cm³/mol. The number of hydrogen-bond acceptors (Lipinski definition) is 5. The number of anilines is 1. The van der Waals surface area contributed by atoms with Crippen molar-refractivity contribution in [3.8, 4) is 0 Å². The topological polar surface area (TPSA) is 37.4 Å². The van der Waals surface area contributed by atoms with Gasteiger partial charge in [0.2, 0.25) is 0 Å². The summed E-state index contributed by atoms with van der Waals surface area (Å²) < 4.78 is 5.26. The monoisotopic (exact) mass is 299 g/mol. The molecule has 0 fully saturated rings. The van der Waals surface area contributed by atoms with Gasteiger partial charge >= 0.3 is 0 Å². The Morgan fingerprint density at radius 3 is 2.70 bits per heavy atom. The molecular formula is C15H29N3OS. The van der Waals surface area contributed by atoms with Crippen LogP contribution < -0.4 is 10.2 Å². The summed E-state index contributed by atoms with van der Waals surface area (Å²) in [5, 5.41) is 4.57. The highest BCUT2D eigenvalue weighted by atomic mass is 32.1. The Morgan fingerprint density at radius 1 is 1.35 bits per heavy atom. The molecule has 0 spiro atoms. The number of aromatic nitrogens is 1. The number of ether oxygens (including phenoxy) is 1. The normalized spacial score (nSPS) is 11.3. The van der Waals surface area contributed by atoms with Crippen molar-refractivity contribution in [2.75, 3.05) is 25.6 Å². The molecule has 0 aliphatic rings. The number of hydrogen-bond donors (Lipinski definition) is 1. The van der Waals surface area contributed by atoms with Crippen LogP contribution in [0.1, 0.15) is 50.6 Å². The van der Waals surface area contributed by atoms with Crippen LogP contribution in [-0.4, -0.2) is 31.7 Å². The Balaban J connectivity index is 2.68. The van der Waals surface area contributed by atoms with Gasteiger partial charge in [-0.1, -0.05) is 33.6 Å². The van der Waals surface area contributed by atoms with Gasteiger partial charge in [-0.2, -0.15) is 0 Å². The Labute approximate surface area is 127 Å². The Hall–Kier alpha value is -0.650. The second-order valence-corrected chi connectivity index (χ2v) is 6.53. The van der Waals surface area contributed by atoms with Gasteiger partial charge < -0.3 is 15.0 Å². The van der Waals surface area contributed by atoms with E-state index < -0.39 is 0 Å².